The van der Waals surface area contributed by atoms with Crippen molar-refractivity contribution in [1.29, 1.82) is 0 Å². The SMILES string of the molecule is C=CCN1C(N)=NCC12CN1CCC2CC1. The molecule has 4 heteroatoms. The molecule has 4 heterocycles. The van der Waals surface area contributed by atoms with Crippen LogP contribution in [0.2, 0.25) is 0 Å². The minimum atomic E-state index is 0.189. The van der Waals surface area contributed by atoms with Gasteiger partial charge in [0.15, 0.2) is 5.96 Å². The summed E-state index contributed by atoms with van der Waals surface area (Å²) in [6.07, 6.45) is 4.54. The van der Waals surface area contributed by atoms with E-state index in [1.165, 1.54) is 25.9 Å². The third-order valence-electron chi connectivity index (χ3n) is 4.49. The molecule has 0 saturated carbocycles. The van der Waals surface area contributed by atoms with Crippen molar-refractivity contribution >= 4 is 5.96 Å². The van der Waals surface area contributed by atoms with Crippen LogP contribution in [-0.2, 0) is 0 Å². The Labute approximate surface area is 96.8 Å². The summed E-state index contributed by atoms with van der Waals surface area (Å²) >= 11 is 0. The van der Waals surface area contributed by atoms with Crippen LogP contribution in [-0.4, -0.2) is 54.0 Å². The Morgan fingerprint density at radius 1 is 1.50 bits per heavy atom. The molecule has 88 valence electrons. The van der Waals surface area contributed by atoms with E-state index >= 15 is 0 Å². The molecule has 0 aromatic heterocycles. The summed E-state index contributed by atoms with van der Waals surface area (Å²) in [5.41, 5.74) is 6.20. The fourth-order valence-electron chi connectivity index (χ4n) is 3.65. The number of hydrogen-bond acceptors (Lipinski definition) is 4. The van der Waals surface area contributed by atoms with Crippen molar-refractivity contribution in [3.63, 3.8) is 0 Å². The van der Waals surface area contributed by atoms with E-state index in [-0.39, 0.29) is 5.54 Å². The van der Waals surface area contributed by atoms with Crippen molar-refractivity contribution in [2.45, 2.75) is 18.4 Å². The van der Waals surface area contributed by atoms with Crippen LogP contribution < -0.4 is 5.73 Å². The standard InChI is InChI=1S/C12H20N4/c1-2-5-16-11(13)14-8-12(16)9-15-6-3-10(12)4-7-15/h2,10H,1,3-9H2,(H2,13,14). The molecule has 4 nitrogen and oxygen atoms in total. The zero-order chi connectivity index (χ0) is 11.2. The van der Waals surface area contributed by atoms with Crippen LogP contribution in [0.1, 0.15) is 12.8 Å². The highest BCUT2D eigenvalue weighted by molar-refractivity contribution is 5.81. The monoisotopic (exact) mass is 220 g/mol. The Hall–Kier alpha value is -1.03. The number of nitrogens with two attached hydrogens (primary N) is 1. The fraction of sp³-hybridized carbons (Fsp3) is 0.750. The highest BCUT2D eigenvalue weighted by Crippen LogP contribution is 2.41. The number of fused-ring (bicyclic) bond motifs is 2. The normalized spacial score (nSPS) is 41.5. The number of guanidine groups is 1. The van der Waals surface area contributed by atoms with Gasteiger partial charge in [0.05, 0.1) is 12.1 Å². The molecule has 16 heavy (non-hydrogen) atoms. The number of piperidine rings is 3. The van der Waals surface area contributed by atoms with Gasteiger partial charge in [0.2, 0.25) is 0 Å². The van der Waals surface area contributed by atoms with Crippen molar-refractivity contribution in [1.82, 2.24) is 9.80 Å². The second-order valence-corrected chi connectivity index (χ2v) is 5.23. The topological polar surface area (TPSA) is 44.9 Å². The minimum Gasteiger partial charge on any atom is -0.370 e. The van der Waals surface area contributed by atoms with Crippen molar-refractivity contribution in [3.05, 3.63) is 12.7 Å². The molecule has 4 aliphatic heterocycles. The molecule has 1 spiro atoms. The summed E-state index contributed by atoms with van der Waals surface area (Å²) in [7, 11) is 0. The van der Waals surface area contributed by atoms with Crippen LogP contribution in [0.3, 0.4) is 0 Å². The van der Waals surface area contributed by atoms with E-state index in [1.54, 1.807) is 0 Å². The summed E-state index contributed by atoms with van der Waals surface area (Å²) in [5, 5.41) is 0. The van der Waals surface area contributed by atoms with Gasteiger partial charge in [-0.05, 0) is 31.8 Å². The molecule has 0 aliphatic carbocycles. The van der Waals surface area contributed by atoms with Gasteiger partial charge in [-0.1, -0.05) is 6.08 Å². The highest BCUT2D eigenvalue weighted by Gasteiger charge is 2.52. The Morgan fingerprint density at radius 2 is 2.25 bits per heavy atom. The van der Waals surface area contributed by atoms with E-state index < -0.39 is 0 Å². The van der Waals surface area contributed by atoms with Gasteiger partial charge < -0.3 is 15.5 Å². The van der Waals surface area contributed by atoms with Crippen LogP contribution in [0.5, 0.6) is 0 Å². The highest BCUT2D eigenvalue weighted by atomic mass is 15.4. The third kappa shape index (κ3) is 1.22. The smallest absolute Gasteiger partial charge is 0.192 e. The molecule has 1 atom stereocenters. The Balaban J connectivity index is 1.90. The molecule has 0 amide bonds. The van der Waals surface area contributed by atoms with Crippen LogP contribution in [0.15, 0.2) is 17.6 Å². The van der Waals surface area contributed by atoms with Gasteiger partial charge >= 0.3 is 0 Å². The lowest BCUT2D eigenvalue weighted by molar-refractivity contribution is -0.0250. The largest absolute Gasteiger partial charge is 0.370 e. The van der Waals surface area contributed by atoms with Gasteiger partial charge in [-0.15, -0.1) is 6.58 Å². The van der Waals surface area contributed by atoms with E-state index in [9.17, 15) is 0 Å². The van der Waals surface area contributed by atoms with E-state index in [1.807, 2.05) is 6.08 Å². The summed E-state index contributed by atoms with van der Waals surface area (Å²) in [4.78, 5) is 9.33. The van der Waals surface area contributed by atoms with Crippen LogP contribution in [0, 0.1) is 5.92 Å². The second kappa shape index (κ2) is 3.48. The Morgan fingerprint density at radius 3 is 2.81 bits per heavy atom. The average molecular weight is 220 g/mol. The van der Waals surface area contributed by atoms with Crippen molar-refractivity contribution in [2.75, 3.05) is 32.7 Å². The zero-order valence-electron chi connectivity index (χ0n) is 9.73. The number of aliphatic imine (C=N–C) groups is 1. The quantitative estimate of drug-likeness (QED) is 0.679. The first kappa shape index (κ1) is 10.1. The number of rotatable bonds is 2. The van der Waals surface area contributed by atoms with E-state index in [4.69, 9.17) is 5.73 Å². The minimum absolute atomic E-state index is 0.189. The maximum Gasteiger partial charge on any atom is 0.192 e. The van der Waals surface area contributed by atoms with Crippen molar-refractivity contribution in [2.24, 2.45) is 16.6 Å². The second-order valence-electron chi connectivity index (χ2n) is 5.23. The van der Waals surface area contributed by atoms with Crippen molar-refractivity contribution < 1.29 is 0 Å². The first-order chi connectivity index (χ1) is 7.76. The molecule has 2 bridgehead atoms. The van der Waals surface area contributed by atoms with Gasteiger partial charge in [0.25, 0.3) is 0 Å². The van der Waals surface area contributed by atoms with Crippen LogP contribution >= 0.6 is 0 Å². The fourth-order valence-corrected chi connectivity index (χ4v) is 3.65. The lowest BCUT2D eigenvalue weighted by atomic mass is 9.72. The molecule has 4 rings (SSSR count). The van der Waals surface area contributed by atoms with Gasteiger partial charge in [0.1, 0.15) is 0 Å². The summed E-state index contributed by atoms with van der Waals surface area (Å²) in [6, 6.07) is 0. The predicted molar refractivity (Wildman–Crippen MR) is 65.3 cm³/mol. The molecule has 1 unspecified atom stereocenters. The lowest BCUT2D eigenvalue weighted by Crippen LogP contribution is -2.68. The molecule has 3 fully saturated rings. The van der Waals surface area contributed by atoms with E-state index in [0.717, 1.165) is 25.6 Å². The molecule has 0 radical (unpaired) electrons. The average Bonchev–Trinajstić information content (AvgIpc) is 2.61. The molecule has 3 saturated heterocycles. The number of hydrogen-bond donors (Lipinski definition) is 1. The number of nitrogens with zero attached hydrogens (tertiary/aromatic N) is 3. The Kier molecular flexibility index (Phi) is 2.21. The first-order valence-corrected chi connectivity index (χ1v) is 6.17. The van der Waals surface area contributed by atoms with E-state index in [2.05, 4.69) is 21.4 Å². The molecule has 0 aromatic rings. The summed E-state index contributed by atoms with van der Waals surface area (Å²) in [5.74, 6) is 1.48. The molecule has 0 aromatic carbocycles. The summed E-state index contributed by atoms with van der Waals surface area (Å²) < 4.78 is 0. The molecular formula is C12H20N4. The van der Waals surface area contributed by atoms with Gasteiger partial charge in [-0.3, -0.25) is 4.99 Å². The predicted octanol–water partition coefficient (Wildman–Crippen LogP) is 0.267. The zero-order valence-corrected chi connectivity index (χ0v) is 9.73. The molecule has 4 aliphatic rings. The van der Waals surface area contributed by atoms with Crippen LogP contribution in [0.25, 0.3) is 0 Å². The molecular weight excluding hydrogens is 200 g/mol. The Bertz CT molecular complexity index is 330. The third-order valence-corrected chi connectivity index (χ3v) is 4.49. The van der Waals surface area contributed by atoms with Crippen molar-refractivity contribution in [3.8, 4) is 0 Å². The van der Waals surface area contributed by atoms with Gasteiger partial charge in [-0.25, -0.2) is 0 Å². The van der Waals surface area contributed by atoms with Crippen LogP contribution in [0.4, 0.5) is 0 Å². The molecule has 2 N–H and O–H groups in total. The maximum absolute atomic E-state index is 6.01. The summed E-state index contributed by atoms with van der Waals surface area (Å²) in [6.45, 7) is 9.20. The first-order valence-electron chi connectivity index (χ1n) is 6.17. The lowest BCUT2D eigenvalue weighted by Gasteiger charge is -2.55. The van der Waals surface area contributed by atoms with Gasteiger partial charge in [0, 0.05) is 13.1 Å². The maximum atomic E-state index is 6.01. The van der Waals surface area contributed by atoms with Gasteiger partial charge in [-0.2, -0.15) is 0 Å². The van der Waals surface area contributed by atoms with E-state index in [0.29, 0.717) is 5.96 Å².